The molecule has 1 unspecified atom stereocenters. The number of ether oxygens (including phenoxy) is 1. The molecule has 0 aliphatic carbocycles. The number of benzene rings is 1. The van der Waals surface area contributed by atoms with Crippen molar-refractivity contribution >= 4 is 11.9 Å². The van der Waals surface area contributed by atoms with Crippen molar-refractivity contribution in [1.29, 1.82) is 0 Å². The Bertz CT molecular complexity index is 532. The summed E-state index contributed by atoms with van der Waals surface area (Å²) in [6.45, 7) is 7.26. The summed E-state index contributed by atoms with van der Waals surface area (Å²) in [6.07, 6.45) is 0.0880. The predicted octanol–water partition coefficient (Wildman–Crippen LogP) is 2.16. The molecule has 0 saturated carbocycles. The summed E-state index contributed by atoms with van der Waals surface area (Å²) in [5.41, 5.74) is 1.20. The molecule has 1 atom stereocenters. The van der Waals surface area contributed by atoms with Gasteiger partial charge in [-0.05, 0) is 18.4 Å². The zero-order valence-electron chi connectivity index (χ0n) is 13.2. The topological polar surface area (TPSA) is 75.6 Å². The predicted molar refractivity (Wildman–Crippen MR) is 80.5 cm³/mol. The second kappa shape index (κ2) is 6.61. The van der Waals surface area contributed by atoms with E-state index in [2.05, 4.69) is 5.32 Å². The summed E-state index contributed by atoms with van der Waals surface area (Å²) in [6, 6.07) is 4.64. The lowest BCUT2D eigenvalue weighted by molar-refractivity contribution is -0.144. The SMILES string of the molecule is COc1ccc(C)cc1CC(=O)NC(C(=O)O)C(C)(C)C. The lowest BCUT2D eigenvalue weighted by atomic mass is 9.86. The molecular formula is C16H23NO4. The molecule has 0 radical (unpaired) electrons. The summed E-state index contributed by atoms with van der Waals surface area (Å²) in [5.74, 6) is -0.744. The fourth-order valence-electron chi connectivity index (χ4n) is 2.08. The molecule has 116 valence electrons. The fourth-order valence-corrected chi connectivity index (χ4v) is 2.08. The Balaban J connectivity index is 2.86. The molecule has 5 heteroatoms. The molecule has 0 heterocycles. The van der Waals surface area contributed by atoms with Gasteiger partial charge in [-0.1, -0.05) is 38.5 Å². The Morgan fingerprint density at radius 1 is 1.33 bits per heavy atom. The van der Waals surface area contributed by atoms with Crippen LogP contribution in [0.2, 0.25) is 0 Å². The van der Waals surface area contributed by atoms with Crippen molar-refractivity contribution in [3.05, 3.63) is 29.3 Å². The van der Waals surface area contributed by atoms with Gasteiger partial charge in [-0.3, -0.25) is 4.79 Å². The molecule has 0 aromatic heterocycles. The van der Waals surface area contributed by atoms with Gasteiger partial charge in [-0.25, -0.2) is 4.79 Å². The van der Waals surface area contributed by atoms with Gasteiger partial charge < -0.3 is 15.2 Å². The molecule has 21 heavy (non-hydrogen) atoms. The molecule has 1 aromatic rings. The number of hydrogen-bond donors (Lipinski definition) is 2. The van der Waals surface area contributed by atoms with Crippen molar-refractivity contribution in [3.63, 3.8) is 0 Å². The monoisotopic (exact) mass is 293 g/mol. The molecule has 1 rings (SSSR count). The zero-order chi connectivity index (χ0) is 16.2. The number of methoxy groups -OCH3 is 1. The minimum absolute atomic E-state index is 0.0880. The summed E-state index contributed by atoms with van der Waals surface area (Å²) in [5, 5.41) is 11.8. The van der Waals surface area contributed by atoms with Crippen LogP contribution >= 0.6 is 0 Å². The molecule has 0 fully saturated rings. The van der Waals surface area contributed by atoms with Crippen LogP contribution in [0.3, 0.4) is 0 Å². The van der Waals surface area contributed by atoms with Crippen LogP contribution in [0.4, 0.5) is 0 Å². The standard InChI is InChI=1S/C16H23NO4/c1-10-6-7-12(21-5)11(8-10)9-13(18)17-14(15(19)20)16(2,3)4/h6-8,14H,9H2,1-5H3,(H,17,18)(H,19,20). The lowest BCUT2D eigenvalue weighted by Gasteiger charge is -2.27. The van der Waals surface area contributed by atoms with Crippen molar-refractivity contribution < 1.29 is 19.4 Å². The number of carbonyl (C=O) groups excluding carboxylic acids is 1. The van der Waals surface area contributed by atoms with E-state index in [0.717, 1.165) is 11.1 Å². The maximum atomic E-state index is 12.1. The van der Waals surface area contributed by atoms with Gasteiger partial charge in [-0.2, -0.15) is 0 Å². The van der Waals surface area contributed by atoms with E-state index in [4.69, 9.17) is 4.74 Å². The van der Waals surface area contributed by atoms with Gasteiger partial charge in [0.2, 0.25) is 5.91 Å². The average molecular weight is 293 g/mol. The number of aliphatic carboxylic acids is 1. The Labute approximate surface area is 125 Å². The number of amides is 1. The molecule has 2 N–H and O–H groups in total. The largest absolute Gasteiger partial charge is 0.496 e. The summed E-state index contributed by atoms with van der Waals surface area (Å²) < 4.78 is 5.22. The highest BCUT2D eigenvalue weighted by Gasteiger charge is 2.32. The van der Waals surface area contributed by atoms with Crippen LogP contribution in [0, 0.1) is 12.3 Å². The Kier molecular flexibility index (Phi) is 5.35. The van der Waals surface area contributed by atoms with E-state index in [1.54, 1.807) is 33.9 Å². The van der Waals surface area contributed by atoms with Gasteiger partial charge in [0.25, 0.3) is 0 Å². The third-order valence-electron chi connectivity index (χ3n) is 3.21. The molecule has 1 aromatic carbocycles. The number of hydrogen-bond acceptors (Lipinski definition) is 3. The number of nitrogens with one attached hydrogen (secondary N) is 1. The minimum Gasteiger partial charge on any atom is -0.496 e. The van der Waals surface area contributed by atoms with Crippen molar-refractivity contribution in [1.82, 2.24) is 5.32 Å². The van der Waals surface area contributed by atoms with Gasteiger partial charge in [0.1, 0.15) is 11.8 Å². The van der Waals surface area contributed by atoms with Crippen molar-refractivity contribution in [2.24, 2.45) is 5.41 Å². The minimum atomic E-state index is -1.04. The van der Waals surface area contributed by atoms with E-state index in [1.807, 2.05) is 19.1 Å². The van der Waals surface area contributed by atoms with Crippen LogP contribution in [0.1, 0.15) is 31.9 Å². The van der Waals surface area contributed by atoms with E-state index in [9.17, 15) is 14.7 Å². The van der Waals surface area contributed by atoms with E-state index in [1.165, 1.54) is 0 Å². The van der Waals surface area contributed by atoms with Crippen LogP contribution in [0.15, 0.2) is 18.2 Å². The molecule has 1 amide bonds. The van der Waals surface area contributed by atoms with Crippen molar-refractivity contribution in [3.8, 4) is 5.75 Å². The first-order valence-electron chi connectivity index (χ1n) is 6.81. The maximum Gasteiger partial charge on any atom is 0.326 e. The number of carbonyl (C=O) groups is 2. The first kappa shape index (κ1) is 17.0. The van der Waals surface area contributed by atoms with Crippen molar-refractivity contribution in [2.75, 3.05) is 7.11 Å². The summed E-state index contributed by atoms with van der Waals surface area (Å²) in [7, 11) is 1.54. The zero-order valence-corrected chi connectivity index (χ0v) is 13.2. The Hall–Kier alpha value is -2.04. The number of rotatable bonds is 5. The van der Waals surface area contributed by atoms with Crippen LogP contribution < -0.4 is 10.1 Å². The first-order valence-corrected chi connectivity index (χ1v) is 6.81. The highest BCUT2D eigenvalue weighted by molar-refractivity contribution is 5.85. The van der Waals surface area contributed by atoms with Crippen LogP contribution in [-0.4, -0.2) is 30.1 Å². The molecular weight excluding hydrogens is 270 g/mol. The van der Waals surface area contributed by atoms with Crippen molar-refractivity contribution in [2.45, 2.75) is 40.2 Å². The van der Waals surface area contributed by atoms with Crippen LogP contribution in [0.25, 0.3) is 0 Å². The van der Waals surface area contributed by atoms with E-state index < -0.39 is 17.4 Å². The second-order valence-electron chi connectivity index (χ2n) is 6.20. The normalized spacial score (nSPS) is 12.6. The number of aryl methyl sites for hydroxylation is 1. The molecule has 0 aliphatic heterocycles. The third-order valence-corrected chi connectivity index (χ3v) is 3.21. The third kappa shape index (κ3) is 4.77. The van der Waals surface area contributed by atoms with Gasteiger partial charge in [0.05, 0.1) is 13.5 Å². The number of carboxylic acids is 1. The van der Waals surface area contributed by atoms with E-state index in [-0.39, 0.29) is 12.3 Å². The van der Waals surface area contributed by atoms with Crippen LogP contribution in [0.5, 0.6) is 5.75 Å². The Morgan fingerprint density at radius 3 is 2.43 bits per heavy atom. The van der Waals surface area contributed by atoms with Gasteiger partial charge in [0, 0.05) is 5.56 Å². The molecule has 5 nitrogen and oxygen atoms in total. The second-order valence-corrected chi connectivity index (χ2v) is 6.20. The number of carboxylic acid groups (broad SMARTS) is 1. The first-order chi connectivity index (χ1) is 9.65. The molecule has 0 saturated heterocycles. The van der Waals surface area contributed by atoms with Crippen LogP contribution in [-0.2, 0) is 16.0 Å². The highest BCUT2D eigenvalue weighted by atomic mass is 16.5. The quantitative estimate of drug-likeness (QED) is 0.872. The maximum absolute atomic E-state index is 12.1. The average Bonchev–Trinajstić information content (AvgIpc) is 2.34. The Morgan fingerprint density at radius 2 is 1.95 bits per heavy atom. The highest BCUT2D eigenvalue weighted by Crippen LogP contribution is 2.22. The molecule has 0 spiro atoms. The fraction of sp³-hybridized carbons (Fsp3) is 0.500. The van der Waals surface area contributed by atoms with E-state index in [0.29, 0.717) is 5.75 Å². The van der Waals surface area contributed by atoms with E-state index >= 15 is 0 Å². The molecule has 0 aliphatic rings. The molecule has 0 bridgehead atoms. The van der Waals surface area contributed by atoms with Gasteiger partial charge >= 0.3 is 5.97 Å². The summed E-state index contributed by atoms with van der Waals surface area (Å²) >= 11 is 0. The van der Waals surface area contributed by atoms with Gasteiger partial charge in [0.15, 0.2) is 0 Å². The summed E-state index contributed by atoms with van der Waals surface area (Å²) in [4.78, 5) is 23.4. The van der Waals surface area contributed by atoms with Gasteiger partial charge in [-0.15, -0.1) is 0 Å². The smallest absolute Gasteiger partial charge is 0.326 e. The lowest BCUT2D eigenvalue weighted by Crippen LogP contribution is -2.49.